The molecule has 0 aliphatic heterocycles. The Morgan fingerprint density at radius 1 is 1.15 bits per heavy atom. The van der Waals surface area contributed by atoms with Crippen LogP contribution in [0.5, 0.6) is 0 Å². The van der Waals surface area contributed by atoms with E-state index in [2.05, 4.69) is 0 Å². The summed E-state index contributed by atoms with van der Waals surface area (Å²) in [5.41, 5.74) is -0.153. The van der Waals surface area contributed by atoms with E-state index in [1.165, 1.54) is 12.1 Å². The van der Waals surface area contributed by atoms with Crippen molar-refractivity contribution in [3.63, 3.8) is 0 Å². The molecule has 134 valence electrons. The molecule has 6 heteroatoms. The summed E-state index contributed by atoms with van der Waals surface area (Å²) in [6.45, 7) is 3.58. The van der Waals surface area contributed by atoms with Crippen molar-refractivity contribution in [2.24, 2.45) is 5.41 Å². The van der Waals surface area contributed by atoms with Crippen molar-refractivity contribution in [3.8, 4) is 6.07 Å². The molecule has 2 aromatic rings. The Morgan fingerprint density at radius 2 is 1.77 bits per heavy atom. The number of nitriles is 1. The quantitative estimate of drug-likeness (QED) is 0.757. The summed E-state index contributed by atoms with van der Waals surface area (Å²) in [7, 11) is -3.89. The highest BCUT2D eigenvalue weighted by Crippen LogP contribution is 2.64. The minimum atomic E-state index is -3.89. The predicted octanol–water partition coefficient (Wildman–Crippen LogP) is 3.01. The molecule has 0 saturated heterocycles. The fourth-order valence-electron chi connectivity index (χ4n) is 3.43. The summed E-state index contributed by atoms with van der Waals surface area (Å²) in [4.78, 5) is 12.7. The van der Waals surface area contributed by atoms with Crippen molar-refractivity contribution in [1.29, 1.82) is 5.26 Å². The Hall–Kier alpha value is -2.65. The van der Waals surface area contributed by atoms with Crippen molar-refractivity contribution in [2.75, 3.05) is 6.61 Å². The number of sulfone groups is 1. The zero-order valence-corrected chi connectivity index (χ0v) is 15.4. The molecule has 3 atom stereocenters. The Kier molecular flexibility index (Phi) is 4.59. The molecule has 1 aliphatic carbocycles. The van der Waals surface area contributed by atoms with Gasteiger partial charge in [0.05, 0.1) is 17.6 Å². The Bertz CT molecular complexity index is 961. The number of carbonyl (C=O) groups excluding carboxylic acids is 1. The summed E-state index contributed by atoms with van der Waals surface area (Å²) in [6, 6.07) is 17.2. The maximum atomic E-state index is 13.2. The van der Waals surface area contributed by atoms with Crippen molar-refractivity contribution < 1.29 is 17.9 Å². The topological polar surface area (TPSA) is 84.2 Å². The van der Waals surface area contributed by atoms with Gasteiger partial charge in [0.25, 0.3) is 0 Å². The molecule has 2 aromatic carbocycles. The van der Waals surface area contributed by atoms with Crippen LogP contribution in [-0.4, -0.2) is 26.2 Å². The fourth-order valence-corrected chi connectivity index (χ4v) is 5.67. The van der Waals surface area contributed by atoms with Crippen molar-refractivity contribution in [1.82, 2.24) is 0 Å². The molecule has 0 aromatic heterocycles. The van der Waals surface area contributed by atoms with Crippen LogP contribution in [-0.2, 0) is 19.4 Å². The second-order valence-corrected chi connectivity index (χ2v) is 8.44. The number of hydrogen-bond donors (Lipinski definition) is 0. The summed E-state index contributed by atoms with van der Waals surface area (Å²) in [5, 5.41) is 8.63. The number of rotatable bonds is 5. The van der Waals surface area contributed by atoms with E-state index in [0.29, 0.717) is 5.56 Å². The van der Waals surface area contributed by atoms with Gasteiger partial charge in [0.1, 0.15) is 5.25 Å². The molecular weight excluding hydrogens is 350 g/mol. The number of benzene rings is 2. The third-order valence-corrected chi connectivity index (χ3v) is 7.02. The fraction of sp³-hybridized carbons (Fsp3) is 0.300. The number of nitrogens with zero attached hydrogens (tertiary/aromatic N) is 1. The van der Waals surface area contributed by atoms with Gasteiger partial charge in [-0.3, -0.25) is 4.79 Å². The van der Waals surface area contributed by atoms with Crippen molar-refractivity contribution in [2.45, 2.75) is 29.9 Å². The van der Waals surface area contributed by atoms with Gasteiger partial charge in [-0.05, 0) is 31.5 Å². The average Bonchev–Trinajstić information content (AvgIpc) is 3.35. The van der Waals surface area contributed by atoms with E-state index in [9.17, 15) is 18.5 Å². The summed E-state index contributed by atoms with van der Waals surface area (Å²) in [6.07, 6.45) is 0. The van der Waals surface area contributed by atoms with Gasteiger partial charge in [0, 0.05) is 5.92 Å². The largest absolute Gasteiger partial charge is 0.465 e. The first-order chi connectivity index (χ1) is 12.4. The molecule has 0 unspecified atom stereocenters. The number of aryl methyl sites for hydroxylation is 1. The van der Waals surface area contributed by atoms with Gasteiger partial charge in [-0.1, -0.05) is 48.0 Å². The van der Waals surface area contributed by atoms with Crippen LogP contribution in [0.15, 0.2) is 59.5 Å². The van der Waals surface area contributed by atoms with E-state index in [0.717, 1.165) is 5.56 Å². The molecule has 0 N–H and O–H groups in total. The molecule has 0 spiro atoms. The second kappa shape index (κ2) is 6.58. The highest BCUT2D eigenvalue weighted by Gasteiger charge is 2.77. The van der Waals surface area contributed by atoms with Gasteiger partial charge in [0.15, 0.2) is 15.3 Å². The van der Waals surface area contributed by atoms with E-state index in [4.69, 9.17) is 4.74 Å². The summed E-state index contributed by atoms with van der Waals surface area (Å²) >= 11 is 0. The monoisotopic (exact) mass is 369 g/mol. The lowest BCUT2D eigenvalue weighted by molar-refractivity contribution is -0.147. The van der Waals surface area contributed by atoms with E-state index >= 15 is 0 Å². The lowest BCUT2D eigenvalue weighted by Gasteiger charge is -2.09. The van der Waals surface area contributed by atoms with Gasteiger partial charge in [-0.25, -0.2) is 8.42 Å². The van der Waals surface area contributed by atoms with E-state index in [1.54, 1.807) is 49.4 Å². The zero-order chi connectivity index (χ0) is 18.9. The third kappa shape index (κ3) is 2.69. The Balaban J connectivity index is 2.12. The number of carbonyl (C=O) groups is 1. The summed E-state index contributed by atoms with van der Waals surface area (Å²) in [5.74, 6) is -1.53. The lowest BCUT2D eigenvalue weighted by Crippen LogP contribution is -2.25. The number of ether oxygens (including phenoxy) is 1. The molecule has 0 bridgehead atoms. The van der Waals surface area contributed by atoms with Gasteiger partial charge in [0.2, 0.25) is 0 Å². The van der Waals surface area contributed by atoms with Crippen LogP contribution in [0.25, 0.3) is 0 Å². The van der Waals surface area contributed by atoms with E-state index in [1.807, 2.05) is 13.0 Å². The summed E-state index contributed by atoms with van der Waals surface area (Å²) < 4.78 is 31.5. The van der Waals surface area contributed by atoms with Crippen LogP contribution in [0.1, 0.15) is 24.0 Å². The van der Waals surface area contributed by atoms with Crippen LogP contribution >= 0.6 is 0 Å². The standard InChI is InChI=1S/C20H19NO4S/c1-3-25-19(22)20(13-21)17(15-7-5-4-6-8-15)18(20)26(23,24)16-11-9-14(2)10-12-16/h4-12,17-18H,3H2,1-2H3/t17-,18-,20-/m0/s1. The van der Waals surface area contributed by atoms with Crippen LogP contribution in [0, 0.1) is 23.7 Å². The highest BCUT2D eigenvalue weighted by molar-refractivity contribution is 7.92. The van der Waals surface area contributed by atoms with Crippen molar-refractivity contribution in [3.05, 3.63) is 65.7 Å². The molecule has 1 saturated carbocycles. The minimum absolute atomic E-state index is 0.0844. The maximum absolute atomic E-state index is 13.2. The van der Waals surface area contributed by atoms with E-state index in [-0.39, 0.29) is 11.5 Å². The second-order valence-electron chi connectivity index (χ2n) is 6.37. The SMILES string of the molecule is CCOC(=O)[C@@]1(C#N)[C@@H](c2ccccc2)[C@@H]1S(=O)(=O)c1ccc(C)cc1. The zero-order valence-electron chi connectivity index (χ0n) is 14.5. The first-order valence-corrected chi connectivity index (χ1v) is 9.88. The first kappa shape index (κ1) is 18.2. The van der Waals surface area contributed by atoms with Crippen LogP contribution in [0.3, 0.4) is 0 Å². The number of esters is 1. The molecule has 26 heavy (non-hydrogen) atoms. The van der Waals surface area contributed by atoms with E-state index < -0.39 is 32.4 Å². The van der Waals surface area contributed by atoms with Crippen LogP contribution in [0.4, 0.5) is 0 Å². The van der Waals surface area contributed by atoms with Gasteiger partial charge in [-0.2, -0.15) is 5.26 Å². The minimum Gasteiger partial charge on any atom is -0.465 e. The molecule has 0 heterocycles. The van der Waals surface area contributed by atoms with Crippen molar-refractivity contribution >= 4 is 15.8 Å². The average molecular weight is 369 g/mol. The Labute approximate surface area is 153 Å². The van der Waals surface area contributed by atoms with Crippen LogP contribution < -0.4 is 0 Å². The molecular formula is C20H19NO4S. The lowest BCUT2D eigenvalue weighted by atomic mass is 10.0. The molecule has 1 aliphatic rings. The number of hydrogen-bond acceptors (Lipinski definition) is 5. The normalized spacial score (nSPS) is 24.5. The molecule has 1 fully saturated rings. The van der Waals surface area contributed by atoms with Crippen LogP contribution in [0.2, 0.25) is 0 Å². The molecule has 5 nitrogen and oxygen atoms in total. The molecule has 0 radical (unpaired) electrons. The van der Waals surface area contributed by atoms with Gasteiger partial charge >= 0.3 is 5.97 Å². The van der Waals surface area contributed by atoms with Gasteiger partial charge in [-0.15, -0.1) is 0 Å². The molecule has 3 rings (SSSR count). The Morgan fingerprint density at radius 3 is 2.31 bits per heavy atom. The molecule has 0 amide bonds. The first-order valence-electron chi connectivity index (χ1n) is 8.33. The smallest absolute Gasteiger partial charge is 0.328 e. The third-order valence-electron chi connectivity index (χ3n) is 4.77. The maximum Gasteiger partial charge on any atom is 0.328 e. The van der Waals surface area contributed by atoms with Gasteiger partial charge < -0.3 is 4.74 Å². The highest BCUT2D eigenvalue weighted by atomic mass is 32.2. The predicted molar refractivity (Wildman–Crippen MR) is 96.0 cm³/mol.